The van der Waals surface area contributed by atoms with Gasteiger partial charge in [-0.1, -0.05) is 6.07 Å². The summed E-state index contributed by atoms with van der Waals surface area (Å²) in [6.45, 7) is 4.93. The van der Waals surface area contributed by atoms with Crippen LogP contribution in [0.4, 0.5) is 4.79 Å². The van der Waals surface area contributed by atoms with Crippen molar-refractivity contribution in [2.45, 2.75) is 50.6 Å². The van der Waals surface area contributed by atoms with Crippen molar-refractivity contribution in [1.29, 1.82) is 0 Å². The van der Waals surface area contributed by atoms with Crippen molar-refractivity contribution in [3.8, 4) is 0 Å². The average Bonchev–Trinajstić information content (AvgIpc) is 3.32. The molecule has 3 aliphatic heterocycles. The number of likely N-dealkylation sites (N-methyl/N-ethyl adjacent to an activating group) is 1. The van der Waals surface area contributed by atoms with Crippen LogP contribution in [0.1, 0.15) is 38.2 Å². The summed E-state index contributed by atoms with van der Waals surface area (Å²) in [6, 6.07) is 4.52. The number of carbonyl (C=O) groups is 2. The number of nitrogens with zero attached hydrogens (tertiary/aromatic N) is 4. The van der Waals surface area contributed by atoms with Crippen molar-refractivity contribution in [3.05, 3.63) is 30.1 Å². The molecular formula is C21H30N4O2S. The van der Waals surface area contributed by atoms with Crippen LogP contribution in [0.15, 0.2) is 24.5 Å². The van der Waals surface area contributed by atoms with Gasteiger partial charge >= 0.3 is 6.03 Å². The van der Waals surface area contributed by atoms with Crippen molar-refractivity contribution >= 4 is 23.7 Å². The first-order chi connectivity index (χ1) is 13.7. The first-order valence-electron chi connectivity index (χ1n) is 10.5. The Hall–Kier alpha value is -1.60. The molecule has 1 aromatic heterocycles. The lowest BCUT2D eigenvalue weighted by atomic mass is 9.85. The van der Waals surface area contributed by atoms with Gasteiger partial charge in [-0.25, -0.2) is 4.79 Å². The maximum absolute atomic E-state index is 13.4. The van der Waals surface area contributed by atoms with E-state index in [0.717, 1.165) is 44.3 Å². The molecule has 1 atom stereocenters. The molecule has 3 saturated heterocycles. The van der Waals surface area contributed by atoms with Crippen LogP contribution in [0, 0.1) is 0 Å². The van der Waals surface area contributed by atoms with Gasteiger partial charge in [0, 0.05) is 50.4 Å². The van der Waals surface area contributed by atoms with E-state index in [-0.39, 0.29) is 11.9 Å². The van der Waals surface area contributed by atoms with E-state index in [2.05, 4.69) is 9.88 Å². The second-order valence-electron chi connectivity index (χ2n) is 8.03. The smallest absolute Gasteiger partial charge is 0.310 e. The molecule has 0 aromatic carbocycles. The van der Waals surface area contributed by atoms with Gasteiger partial charge in [-0.2, -0.15) is 11.8 Å². The first-order valence-corrected chi connectivity index (χ1v) is 11.7. The Morgan fingerprint density at radius 2 is 2.11 bits per heavy atom. The largest absolute Gasteiger partial charge is 0.327 e. The zero-order valence-electron chi connectivity index (χ0n) is 16.7. The van der Waals surface area contributed by atoms with Gasteiger partial charge in [0.25, 0.3) is 5.91 Å². The third kappa shape index (κ3) is 3.54. The third-order valence-electron chi connectivity index (χ3n) is 6.56. The van der Waals surface area contributed by atoms with Gasteiger partial charge in [-0.3, -0.25) is 19.6 Å². The molecule has 0 N–H and O–H groups in total. The number of urea groups is 1. The second kappa shape index (κ2) is 8.41. The molecule has 1 spiro atoms. The summed E-state index contributed by atoms with van der Waals surface area (Å²) in [4.78, 5) is 36.4. The molecule has 6 nitrogen and oxygen atoms in total. The molecule has 28 heavy (non-hydrogen) atoms. The lowest BCUT2D eigenvalue weighted by Crippen LogP contribution is -2.58. The topological polar surface area (TPSA) is 56.8 Å². The number of aryl methyl sites for hydroxylation is 1. The van der Waals surface area contributed by atoms with E-state index in [1.165, 1.54) is 22.8 Å². The number of piperidine rings is 1. The number of pyridine rings is 1. The van der Waals surface area contributed by atoms with Gasteiger partial charge in [-0.05, 0) is 56.4 Å². The standard InChI is InChI=1S/C21H30N4O2S/c1-2-25-20(27)24(11-4-6-17-5-3-10-22-15-17)19(26)21(25)8-12-23(13-9-21)18-7-14-28-16-18/h3,5,10,15,18H,2,4,6-9,11-14,16H2,1H3/t18-/m0/s1. The summed E-state index contributed by atoms with van der Waals surface area (Å²) in [6.07, 6.45) is 8.01. The van der Waals surface area contributed by atoms with Crippen LogP contribution in [0.2, 0.25) is 0 Å². The van der Waals surface area contributed by atoms with E-state index in [9.17, 15) is 9.59 Å². The van der Waals surface area contributed by atoms with Gasteiger partial charge in [0.05, 0.1) is 0 Å². The predicted molar refractivity (Wildman–Crippen MR) is 111 cm³/mol. The molecule has 3 fully saturated rings. The molecule has 4 rings (SSSR count). The maximum Gasteiger partial charge on any atom is 0.327 e. The maximum atomic E-state index is 13.4. The van der Waals surface area contributed by atoms with Crippen molar-refractivity contribution < 1.29 is 9.59 Å². The number of aromatic nitrogens is 1. The monoisotopic (exact) mass is 402 g/mol. The van der Waals surface area contributed by atoms with Crippen molar-refractivity contribution in [2.75, 3.05) is 37.7 Å². The average molecular weight is 403 g/mol. The Kier molecular flexibility index (Phi) is 5.92. The number of thioether (sulfide) groups is 1. The number of likely N-dealkylation sites (tertiary alicyclic amines) is 1. The highest BCUT2D eigenvalue weighted by atomic mass is 32.2. The summed E-state index contributed by atoms with van der Waals surface area (Å²) in [5.74, 6) is 2.49. The van der Waals surface area contributed by atoms with Crippen molar-refractivity contribution in [3.63, 3.8) is 0 Å². The summed E-state index contributed by atoms with van der Waals surface area (Å²) >= 11 is 2.03. The lowest BCUT2D eigenvalue weighted by molar-refractivity contribution is -0.135. The molecule has 152 valence electrons. The minimum Gasteiger partial charge on any atom is -0.310 e. The van der Waals surface area contributed by atoms with Crippen LogP contribution in [0.3, 0.4) is 0 Å². The highest BCUT2D eigenvalue weighted by molar-refractivity contribution is 7.99. The molecule has 4 heterocycles. The number of carbonyl (C=O) groups excluding carboxylic acids is 2. The second-order valence-corrected chi connectivity index (χ2v) is 9.18. The zero-order valence-corrected chi connectivity index (χ0v) is 17.5. The van der Waals surface area contributed by atoms with Crippen LogP contribution < -0.4 is 0 Å². The van der Waals surface area contributed by atoms with E-state index >= 15 is 0 Å². The van der Waals surface area contributed by atoms with Crippen LogP contribution in [-0.2, 0) is 11.2 Å². The van der Waals surface area contributed by atoms with E-state index < -0.39 is 5.54 Å². The van der Waals surface area contributed by atoms with Crippen LogP contribution in [0.5, 0.6) is 0 Å². The fraction of sp³-hybridized carbons (Fsp3) is 0.667. The quantitative estimate of drug-likeness (QED) is 0.685. The van der Waals surface area contributed by atoms with Gasteiger partial charge in [-0.15, -0.1) is 0 Å². The van der Waals surface area contributed by atoms with Crippen LogP contribution in [-0.4, -0.2) is 80.9 Å². The predicted octanol–water partition coefficient (Wildman–Crippen LogP) is 2.64. The Morgan fingerprint density at radius 3 is 2.75 bits per heavy atom. The highest BCUT2D eigenvalue weighted by Crippen LogP contribution is 2.38. The Labute approximate surface area is 171 Å². The number of hydrogen-bond donors (Lipinski definition) is 0. The number of hydrogen-bond acceptors (Lipinski definition) is 5. The molecule has 0 saturated carbocycles. The summed E-state index contributed by atoms with van der Waals surface area (Å²) in [7, 11) is 0. The Bertz CT molecular complexity index is 700. The minimum atomic E-state index is -0.609. The normalized spacial score (nSPS) is 25.2. The van der Waals surface area contributed by atoms with Crippen LogP contribution >= 0.6 is 11.8 Å². The lowest BCUT2D eigenvalue weighted by Gasteiger charge is -2.43. The molecule has 0 unspecified atom stereocenters. The fourth-order valence-electron chi connectivity index (χ4n) is 4.96. The molecule has 0 bridgehead atoms. The van der Waals surface area contributed by atoms with E-state index in [0.29, 0.717) is 19.1 Å². The van der Waals surface area contributed by atoms with Gasteiger partial charge in [0.2, 0.25) is 0 Å². The molecular weight excluding hydrogens is 372 g/mol. The summed E-state index contributed by atoms with van der Waals surface area (Å²) in [5, 5.41) is 0. The zero-order chi connectivity index (χ0) is 19.6. The van der Waals surface area contributed by atoms with E-state index in [1.807, 2.05) is 41.9 Å². The molecule has 3 aliphatic rings. The number of amides is 3. The SMILES string of the molecule is CCN1C(=O)N(CCCc2cccnc2)C(=O)C12CCN([C@H]1CCSC1)CC2. The third-order valence-corrected chi connectivity index (χ3v) is 7.70. The minimum absolute atomic E-state index is 0.0333. The summed E-state index contributed by atoms with van der Waals surface area (Å²) in [5.41, 5.74) is 0.536. The molecule has 1 aromatic rings. The van der Waals surface area contributed by atoms with Crippen molar-refractivity contribution in [1.82, 2.24) is 19.7 Å². The van der Waals surface area contributed by atoms with Gasteiger partial charge in [0.15, 0.2) is 0 Å². The van der Waals surface area contributed by atoms with Crippen molar-refractivity contribution in [2.24, 2.45) is 0 Å². The number of rotatable bonds is 6. The molecule has 7 heteroatoms. The Balaban J connectivity index is 1.40. The van der Waals surface area contributed by atoms with Gasteiger partial charge in [0.1, 0.15) is 5.54 Å². The number of imide groups is 1. The highest BCUT2D eigenvalue weighted by Gasteiger charge is 2.57. The Morgan fingerprint density at radius 1 is 1.29 bits per heavy atom. The summed E-state index contributed by atoms with van der Waals surface area (Å²) < 4.78 is 0. The molecule has 3 amide bonds. The van der Waals surface area contributed by atoms with Crippen LogP contribution in [0.25, 0.3) is 0 Å². The van der Waals surface area contributed by atoms with E-state index in [4.69, 9.17) is 0 Å². The fourth-order valence-corrected chi connectivity index (χ4v) is 6.21. The molecule has 0 radical (unpaired) electrons. The van der Waals surface area contributed by atoms with Gasteiger partial charge < -0.3 is 4.90 Å². The molecule has 0 aliphatic carbocycles. The first kappa shape index (κ1) is 19.7. The van der Waals surface area contributed by atoms with E-state index in [1.54, 1.807) is 6.20 Å².